The van der Waals surface area contributed by atoms with Gasteiger partial charge in [-0.1, -0.05) is 6.07 Å². The third kappa shape index (κ3) is 1.41. The molecule has 15 heavy (non-hydrogen) atoms. The molecule has 0 bridgehead atoms. The Balaban J connectivity index is 2.39. The average Bonchev–Trinajstić information content (AvgIpc) is 2.99. The molecule has 0 saturated heterocycles. The molecule has 1 aromatic heterocycles. The van der Waals surface area contributed by atoms with E-state index in [9.17, 15) is 0 Å². The first kappa shape index (κ1) is 8.84. The smallest absolute Gasteiger partial charge is 0.116 e. The van der Waals surface area contributed by atoms with Gasteiger partial charge in [0.2, 0.25) is 0 Å². The Morgan fingerprint density at radius 3 is 2.67 bits per heavy atom. The predicted molar refractivity (Wildman–Crippen MR) is 61.0 cm³/mol. The van der Waals surface area contributed by atoms with Gasteiger partial charge in [0, 0.05) is 11.1 Å². The maximum absolute atomic E-state index is 4.36. The van der Waals surface area contributed by atoms with Crippen molar-refractivity contribution in [2.24, 2.45) is 0 Å². The van der Waals surface area contributed by atoms with Crippen molar-refractivity contribution < 1.29 is 0 Å². The molecule has 0 N–H and O–H groups in total. The monoisotopic (exact) mass is 198 g/mol. The largest absolute Gasteiger partial charge is 0.241 e. The third-order valence-electron chi connectivity index (χ3n) is 3.12. The predicted octanol–water partition coefficient (Wildman–Crippen LogP) is 3.12. The van der Waals surface area contributed by atoms with Gasteiger partial charge in [-0.2, -0.15) is 0 Å². The van der Waals surface area contributed by atoms with Crippen molar-refractivity contribution in [3.05, 3.63) is 35.3 Å². The molecule has 0 atom stereocenters. The molecule has 2 heteroatoms. The molecule has 0 unspecified atom stereocenters. The van der Waals surface area contributed by atoms with Crippen molar-refractivity contribution >= 4 is 10.9 Å². The van der Waals surface area contributed by atoms with Crippen LogP contribution >= 0.6 is 0 Å². The zero-order valence-corrected chi connectivity index (χ0v) is 9.12. The van der Waals surface area contributed by atoms with Gasteiger partial charge in [0.1, 0.15) is 6.33 Å². The molecule has 1 aliphatic rings. The summed E-state index contributed by atoms with van der Waals surface area (Å²) in [5.41, 5.74) is 4.98. The molecule has 1 heterocycles. The maximum atomic E-state index is 4.36. The lowest BCUT2D eigenvalue weighted by molar-refractivity contribution is 1.10. The van der Waals surface area contributed by atoms with Gasteiger partial charge >= 0.3 is 0 Å². The molecule has 1 saturated carbocycles. The summed E-state index contributed by atoms with van der Waals surface area (Å²) in [6, 6.07) is 4.45. The van der Waals surface area contributed by atoms with E-state index in [2.05, 4.69) is 35.9 Å². The molecular formula is C13H14N2. The highest BCUT2D eigenvalue weighted by Crippen LogP contribution is 2.43. The van der Waals surface area contributed by atoms with Crippen molar-refractivity contribution in [1.82, 2.24) is 9.97 Å². The molecule has 3 rings (SSSR count). The lowest BCUT2D eigenvalue weighted by atomic mass is 10.0. The van der Waals surface area contributed by atoms with E-state index >= 15 is 0 Å². The second kappa shape index (κ2) is 3.02. The third-order valence-corrected chi connectivity index (χ3v) is 3.12. The van der Waals surface area contributed by atoms with Crippen molar-refractivity contribution in [3.63, 3.8) is 0 Å². The first-order valence-corrected chi connectivity index (χ1v) is 5.47. The highest BCUT2D eigenvalue weighted by molar-refractivity contribution is 5.85. The number of nitrogens with zero attached hydrogens (tertiary/aromatic N) is 2. The van der Waals surface area contributed by atoms with Gasteiger partial charge in [0.05, 0.1) is 5.52 Å². The van der Waals surface area contributed by atoms with Crippen molar-refractivity contribution in [2.75, 3.05) is 0 Å². The highest BCUT2D eigenvalue weighted by atomic mass is 14.8. The number of fused-ring (bicyclic) bond motifs is 1. The molecule has 0 radical (unpaired) electrons. The van der Waals surface area contributed by atoms with Crippen LogP contribution in [0.1, 0.15) is 35.6 Å². The summed E-state index contributed by atoms with van der Waals surface area (Å²) in [4.78, 5) is 8.66. The minimum atomic E-state index is 0.761. The van der Waals surface area contributed by atoms with Crippen LogP contribution in [-0.2, 0) is 0 Å². The zero-order valence-electron chi connectivity index (χ0n) is 9.12. The minimum absolute atomic E-state index is 0.761. The van der Waals surface area contributed by atoms with E-state index in [0.29, 0.717) is 0 Å². The molecule has 1 aliphatic carbocycles. The molecule has 76 valence electrons. The van der Waals surface area contributed by atoms with Crippen LogP contribution in [0, 0.1) is 13.8 Å². The summed E-state index contributed by atoms with van der Waals surface area (Å²) in [5.74, 6) is 0.761. The van der Waals surface area contributed by atoms with Gasteiger partial charge in [-0.25, -0.2) is 9.97 Å². The van der Waals surface area contributed by atoms with Gasteiger partial charge in [-0.3, -0.25) is 0 Å². The van der Waals surface area contributed by atoms with E-state index < -0.39 is 0 Å². The second-order valence-corrected chi connectivity index (χ2v) is 4.48. The fourth-order valence-electron chi connectivity index (χ4n) is 2.25. The Bertz CT molecular complexity index is 527. The van der Waals surface area contributed by atoms with Crippen LogP contribution < -0.4 is 0 Å². The number of benzene rings is 1. The number of rotatable bonds is 1. The second-order valence-electron chi connectivity index (χ2n) is 4.48. The van der Waals surface area contributed by atoms with E-state index in [1.54, 1.807) is 6.33 Å². The quantitative estimate of drug-likeness (QED) is 0.703. The number of hydrogen-bond acceptors (Lipinski definition) is 2. The molecular weight excluding hydrogens is 184 g/mol. The first-order chi connectivity index (χ1) is 7.25. The summed E-state index contributed by atoms with van der Waals surface area (Å²) in [7, 11) is 0. The molecule has 1 aromatic carbocycles. The van der Waals surface area contributed by atoms with E-state index in [4.69, 9.17) is 0 Å². The SMILES string of the molecule is Cc1cc(C2CC2)c2c(C)ncnc2c1. The number of aromatic nitrogens is 2. The fraction of sp³-hybridized carbons (Fsp3) is 0.385. The van der Waals surface area contributed by atoms with Gasteiger partial charge in [-0.15, -0.1) is 0 Å². The van der Waals surface area contributed by atoms with E-state index in [1.807, 2.05) is 0 Å². The lowest BCUT2D eigenvalue weighted by Gasteiger charge is -2.08. The van der Waals surface area contributed by atoms with Gasteiger partial charge in [0.25, 0.3) is 0 Å². The Kier molecular flexibility index (Phi) is 1.78. The summed E-state index contributed by atoms with van der Waals surface area (Å²) < 4.78 is 0. The molecule has 0 spiro atoms. The van der Waals surface area contributed by atoms with Crippen LogP contribution in [0.3, 0.4) is 0 Å². The van der Waals surface area contributed by atoms with Crippen molar-refractivity contribution in [3.8, 4) is 0 Å². The highest BCUT2D eigenvalue weighted by Gasteiger charge is 2.26. The Hall–Kier alpha value is -1.44. The number of hydrogen-bond donors (Lipinski definition) is 0. The van der Waals surface area contributed by atoms with Gasteiger partial charge in [0.15, 0.2) is 0 Å². The lowest BCUT2D eigenvalue weighted by Crippen LogP contribution is -1.93. The van der Waals surface area contributed by atoms with Crippen LogP contribution in [0.4, 0.5) is 0 Å². The summed E-state index contributed by atoms with van der Waals surface area (Å²) in [5, 5.41) is 1.28. The molecule has 0 aliphatic heterocycles. The van der Waals surface area contributed by atoms with Gasteiger partial charge in [-0.05, 0) is 49.8 Å². The molecule has 1 fully saturated rings. The van der Waals surface area contributed by atoms with Crippen LogP contribution in [0.2, 0.25) is 0 Å². The first-order valence-electron chi connectivity index (χ1n) is 5.47. The summed E-state index contributed by atoms with van der Waals surface area (Å²) in [6.45, 7) is 4.22. The summed E-state index contributed by atoms with van der Waals surface area (Å²) >= 11 is 0. The standard InChI is InChI=1S/C13H14N2/c1-8-5-11(10-3-4-10)13-9(2)14-7-15-12(13)6-8/h5-7,10H,3-4H2,1-2H3. The van der Waals surface area contributed by atoms with Crippen LogP contribution in [0.15, 0.2) is 18.5 Å². The normalized spacial score (nSPS) is 15.9. The van der Waals surface area contributed by atoms with E-state index in [1.165, 1.54) is 29.4 Å². The Morgan fingerprint density at radius 1 is 1.13 bits per heavy atom. The molecule has 0 amide bonds. The molecule has 2 aromatic rings. The topological polar surface area (TPSA) is 25.8 Å². The van der Waals surface area contributed by atoms with E-state index in [-0.39, 0.29) is 0 Å². The van der Waals surface area contributed by atoms with Crippen LogP contribution in [0.25, 0.3) is 10.9 Å². The fourth-order valence-corrected chi connectivity index (χ4v) is 2.25. The number of aryl methyl sites for hydroxylation is 2. The van der Waals surface area contributed by atoms with Crippen LogP contribution in [0.5, 0.6) is 0 Å². The van der Waals surface area contributed by atoms with Crippen molar-refractivity contribution in [2.45, 2.75) is 32.6 Å². The summed E-state index contributed by atoms with van der Waals surface area (Å²) in [6.07, 6.45) is 4.31. The van der Waals surface area contributed by atoms with Crippen molar-refractivity contribution in [1.29, 1.82) is 0 Å². The minimum Gasteiger partial charge on any atom is -0.241 e. The zero-order chi connectivity index (χ0) is 10.4. The Labute approximate surface area is 89.4 Å². The maximum Gasteiger partial charge on any atom is 0.116 e. The van der Waals surface area contributed by atoms with E-state index in [0.717, 1.165) is 17.1 Å². The van der Waals surface area contributed by atoms with Gasteiger partial charge < -0.3 is 0 Å². The average molecular weight is 198 g/mol. The molecule has 2 nitrogen and oxygen atoms in total. The van der Waals surface area contributed by atoms with Crippen LogP contribution in [-0.4, -0.2) is 9.97 Å². The Morgan fingerprint density at radius 2 is 1.93 bits per heavy atom.